The number of likely N-dealkylation sites (tertiary alicyclic amines) is 1. The maximum absolute atomic E-state index is 12.9. The molecule has 6 nitrogen and oxygen atoms in total. The molecule has 2 fully saturated rings. The van der Waals surface area contributed by atoms with Crippen LogP contribution in [0.15, 0.2) is 45.8 Å². The Morgan fingerprint density at radius 3 is 2.46 bits per heavy atom. The van der Waals surface area contributed by atoms with E-state index in [0.717, 1.165) is 53.5 Å². The van der Waals surface area contributed by atoms with Crippen LogP contribution in [0.25, 0.3) is 6.08 Å². The van der Waals surface area contributed by atoms with Crippen molar-refractivity contribution in [3.63, 3.8) is 0 Å². The van der Waals surface area contributed by atoms with Gasteiger partial charge in [0.1, 0.15) is 18.9 Å². The minimum absolute atomic E-state index is 0.179. The zero-order chi connectivity index (χ0) is 24.9. The van der Waals surface area contributed by atoms with Gasteiger partial charge in [-0.3, -0.25) is 19.3 Å². The number of hydrogen-bond donors (Lipinski definition) is 0. The summed E-state index contributed by atoms with van der Waals surface area (Å²) in [6.45, 7) is 1.45. The summed E-state index contributed by atoms with van der Waals surface area (Å²) in [6.07, 6.45) is 5.76. The molecule has 2 aliphatic rings. The maximum atomic E-state index is 12.9. The SMILES string of the molecule is O=C(CN1C(=O)SC(=Cc2ccc(OCc3ccc(Cl)c(Cl)c3)c(Br)c2)C1=O)N1CCCCCC1. The van der Waals surface area contributed by atoms with Crippen LogP contribution in [0.3, 0.4) is 0 Å². The normalized spacial score (nSPS) is 17.7. The van der Waals surface area contributed by atoms with Gasteiger partial charge in [0.2, 0.25) is 5.91 Å². The van der Waals surface area contributed by atoms with Gasteiger partial charge in [-0.25, -0.2) is 0 Å². The van der Waals surface area contributed by atoms with E-state index in [-0.39, 0.29) is 17.4 Å². The van der Waals surface area contributed by atoms with Crippen molar-refractivity contribution in [3.05, 3.63) is 66.9 Å². The van der Waals surface area contributed by atoms with Crippen molar-refractivity contribution in [2.45, 2.75) is 32.3 Å². The number of hydrogen-bond acceptors (Lipinski definition) is 5. The number of rotatable bonds is 6. The van der Waals surface area contributed by atoms with Crippen LogP contribution >= 0.6 is 50.9 Å². The van der Waals surface area contributed by atoms with E-state index < -0.39 is 11.1 Å². The predicted molar refractivity (Wildman–Crippen MR) is 143 cm³/mol. The highest BCUT2D eigenvalue weighted by Gasteiger charge is 2.37. The molecule has 3 amide bonds. The van der Waals surface area contributed by atoms with E-state index in [1.807, 2.05) is 6.07 Å². The second kappa shape index (κ2) is 11.8. The van der Waals surface area contributed by atoms with Gasteiger partial charge >= 0.3 is 0 Å². The van der Waals surface area contributed by atoms with Gasteiger partial charge in [0.15, 0.2) is 0 Å². The molecule has 2 heterocycles. The van der Waals surface area contributed by atoms with Crippen molar-refractivity contribution in [1.29, 1.82) is 0 Å². The summed E-state index contributed by atoms with van der Waals surface area (Å²) in [5.41, 5.74) is 1.60. The van der Waals surface area contributed by atoms with Crippen LogP contribution < -0.4 is 4.74 Å². The van der Waals surface area contributed by atoms with E-state index in [1.54, 1.807) is 41.3 Å². The van der Waals surface area contributed by atoms with Gasteiger partial charge in [-0.1, -0.05) is 48.2 Å². The van der Waals surface area contributed by atoms with Crippen molar-refractivity contribution in [2.75, 3.05) is 19.6 Å². The number of imide groups is 1. The number of benzene rings is 2. The van der Waals surface area contributed by atoms with Crippen LogP contribution in [0.1, 0.15) is 36.8 Å². The summed E-state index contributed by atoms with van der Waals surface area (Å²) in [4.78, 5) is 41.1. The van der Waals surface area contributed by atoms with Gasteiger partial charge < -0.3 is 9.64 Å². The summed E-state index contributed by atoms with van der Waals surface area (Å²) in [7, 11) is 0. The first-order chi connectivity index (χ1) is 16.8. The molecule has 0 aromatic heterocycles. The van der Waals surface area contributed by atoms with E-state index in [2.05, 4.69) is 15.9 Å². The quantitative estimate of drug-likeness (QED) is 0.344. The maximum Gasteiger partial charge on any atom is 0.294 e. The Morgan fingerprint density at radius 1 is 1.03 bits per heavy atom. The highest BCUT2D eigenvalue weighted by molar-refractivity contribution is 9.10. The zero-order valence-electron chi connectivity index (χ0n) is 18.8. The summed E-state index contributed by atoms with van der Waals surface area (Å²) in [5.74, 6) is -0.00900. The van der Waals surface area contributed by atoms with E-state index in [0.29, 0.717) is 40.0 Å². The number of carbonyl (C=O) groups is 3. The monoisotopic (exact) mass is 596 g/mol. The van der Waals surface area contributed by atoms with Gasteiger partial charge in [-0.05, 0) is 82.0 Å². The molecule has 0 N–H and O–H groups in total. The zero-order valence-corrected chi connectivity index (χ0v) is 22.7. The van der Waals surface area contributed by atoms with Gasteiger partial charge in [-0.2, -0.15) is 0 Å². The minimum atomic E-state index is -0.445. The number of carbonyl (C=O) groups excluding carboxylic acids is 3. The number of amides is 3. The van der Waals surface area contributed by atoms with Crippen LogP contribution in [0, 0.1) is 0 Å². The molecule has 0 unspecified atom stereocenters. The molecular weight excluding hydrogens is 575 g/mol. The van der Waals surface area contributed by atoms with E-state index in [9.17, 15) is 14.4 Å². The molecule has 0 atom stereocenters. The van der Waals surface area contributed by atoms with Crippen molar-refractivity contribution in [1.82, 2.24) is 9.80 Å². The molecule has 0 saturated carbocycles. The second-order valence-electron chi connectivity index (χ2n) is 8.29. The molecule has 0 radical (unpaired) electrons. The number of thioether (sulfide) groups is 1. The topological polar surface area (TPSA) is 66.9 Å². The average Bonchev–Trinajstić information content (AvgIpc) is 3.02. The number of ether oxygens (including phenoxy) is 1. The van der Waals surface area contributed by atoms with Crippen LogP contribution in [0.2, 0.25) is 10.0 Å². The molecule has 2 aromatic rings. The first-order valence-corrected chi connectivity index (χ1v) is 13.6. The summed E-state index contributed by atoms with van der Waals surface area (Å²) in [5, 5.41) is 0.519. The molecule has 184 valence electrons. The summed E-state index contributed by atoms with van der Waals surface area (Å²) >= 11 is 16.3. The molecule has 2 aliphatic heterocycles. The molecule has 0 spiro atoms. The fourth-order valence-electron chi connectivity index (χ4n) is 3.86. The minimum Gasteiger partial charge on any atom is -0.488 e. The van der Waals surface area contributed by atoms with Crippen LogP contribution in [0.5, 0.6) is 5.75 Å². The lowest BCUT2D eigenvalue weighted by atomic mass is 10.2. The third-order valence-electron chi connectivity index (χ3n) is 5.76. The van der Waals surface area contributed by atoms with Crippen molar-refractivity contribution >= 4 is 74.0 Å². The highest BCUT2D eigenvalue weighted by atomic mass is 79.9. The first kappa shape index (κ1) is 26.1. The molecule has 2 aromatic carbocycles. The van der Waals surface area contributed by atoms with E-state index in [1.165, 1.54) is 0 Å². The number of nitrogens with zero attached hydrogens (tertiary/aromatic N) is 2. The van der Waals surface area contributed by atoms with Crippen LogP contribution in [-0.4, -0.2) is 46.5 Å². The molecule has 0 bridgehead atoms. The first-order valence-electron chi connectivity index (χ1n) is 11.2. The average molecular weight is 598 g/mol. The van der Waals surface area contributed by atoms with Gasteiger partial charge in [-0.15, -0.1) is 0 Å². The highest BCUT2D eigenvalue weighted by Crippen LogP contribution is 2.34. The fourth-order valence-corrected chi connectivity index (χ4v) is 5.53. The van der Waals surface area contributed by atoms with Gasteiger partial charge in [0.05, 0.1) is 19.4 Å². The molecule has 0 aliphatic carbocycles. The lowest BCUT2D eigenvalue weighted by Gasteiger charge is -2.22. The Hall–Kier alpha value is -2.00. The number of halogens is 3. The Morgan fingerprint density at radius 2 is 1.77 bits per heavy atom. The van der Waals surface area contributed by atoms with Crippen molar-refractivity contribution in [3.8, 4) is 5.75 Å². The van der Waals surface area contributed by atoms with Crippen molar-refractivity contribution in [2.24, 2.45) is 0 Å². The lowest BCUT2D eigenvalue weighted by molar-refractivity contribution is -0.135. The van der Waals surface area contributed by atoms with Crippen LogP contribution in [-0.2, 0) is 16.2 Å². The Labute approximate surface area is 226 Å². The molecule has 2 saturated heterocycles. The third-order valence-corrected chi connectivity index (χ3v) is 8.02. The molecule has 4 rings (SSSR count). The van der Waals surface area contributed by atoms with Gasteiger partial charge in [0, 0.05) is 13.1 Å². The summed E-state index contributed by atoms with van der Waals surface area (Å²) in [6, 6.07) is 10.7. The largest absolute Gasteiger partial charge is 0.488 e. The van der Waals surface area contributed by atoms with Crippen LogP contribution in [0.4, 0.5) is 4.79 Å². The Bertz CT molecular complexity index is 1180. The van der Waals surface area contributed by atoms with Crippen molar-refractivity contribution < 1.29 is 19.1 Å². The summed E-state index contributed by atoms with van der Waals surface area (Å²) < 4.78 is 6.56. The molecule has 10 heteroatoms. The van der Waals surface area contributed by atoms with E-state index >= 15 is 0 Å². The Kier molecular flexibility index (Phi) is 8.81. The lowest BCUT2D eigenvalue weighted by Crippen LogP contribution is -2.42. The molecule has 35 heavy (non-hydrogen) atoms. The predicted octanol–water partition coefficient (Wildman–Crippen LogP) is 6.77. The standard InChI is InChI=1S/C25H23BrCl2N2O4S/c26-18-11-16(6-8-21(18)34-15-17-5-7-19(27)20(28)12-17)13-22-24(32)30(25(33)35-22)14-23(31)29-9-3-1-2-4-10-29/h5-8,11-13H,1-4,9-10,14-15H2. The molecular formula is C25H23BrCl2N2O4S. The van der Waals surface area contributed by atoms with Gasteiger partial charge in [0.25, 0.3) is 11.1 Å². The Balaban J connectivity index is 1.40. The third kappa shape index (κ3) is 6.61. The second-order valence-corrected chi connectivity index (χ2v) is 11.0. The fraction of sp³-hybridized carbons (Fsp3) is 0.320. The van der Waals surface area contributed by atoms with E-state index in [4.69, 9.17) is 27.9 Å². The smallest absolute Gasteiger partial charge is 0.294 e.